The van der Waals surface area contributed by atoms with Gasteiger partial charge in [-0.05, 0) is 32.1 Å². The van der Waals surface area contributed by atoms with Crippen molar-refractivity contribution in [2.75, 3.05) is 0 Å². The van der Waals surface area contributed by atoms with Crippen LogP contribution in [0.3, 0.4) is 0 Å². The van der Waals surface area contributed by atoms with Crippen LogP contribution in [0.25, 0.3) is 0 Å². The maximum absolute atomic E-state index is 11.5. The Kier molecular flexibility index (Phi) is 25.4. The number of hydrogen-bond acceptors (Lipinski definition) is 4. The maximum atomic E-state index is 11.5. The predicted molar refractivity (Wildman–Crippen MR) is 123 cm³/mol. The summed E-state index contributed by atoms with van der Waals surface area (Å²) in [6.45, 7) is 4.38. The van der Waals surface area contributed by atoms with Crippen LogP contribution in [0, 0.1) is 0 Å². The molecule has 2 atom stereocenters. The zero-order valence-electron chi connectivity index (χ0n) is 20.4. The Morgan fingerprint density at radius 3 is 1.40 bits per heavy atom. The fourth-order valence-corrected chi connectivity index (χ4v) is 4.91. The van der Waals surface area contributed by atoms with Crippen molar-refractivity contribution in [2.45, 2.75) is 154 Å². The molecule has 0 aliphatic carbocycles. The van der Waals surface area contributed by atoms with Gasteiger partial charge in [0.05, 0.1) is 16.2 Å². The Hall–Kier alpha value is 0.870. The number of aliphatic hydroxyl groups excluding tert-OH is 1. The SMILES string of the molecule is CCCCCCCCCCCCCCC(CCCC(O)CCCCC)S(=O)(=O)[O-].[Na+]. The van der Waals surface area contributed by atoms with E-state index in [2.05, 4.69) is 13.8 Å². The van der Waals surface area contributed by atoms with Crippen molar-refractivity contribution in [3.05, 3.63) is 0 Å². The standard InChI is InChI=1S/C24H50O4S.Na/c1-3-5-7-8-9-10-11-12-13-14-15-17-21-24(29(26,27)28)22-18-20-23(25)19-16-6-4-2;/h23-25H,3-22H2,1-2H3,(H,26,27,28);/q;+1/p-1. The second kappa shape index (κ2) is 23.0. The molecule has 2 unspecified atom stereocenters. The summed E-state index contributed by atoms with van der Waals surface area (Å²) < 4.78 is 34.6. The first-order valence-corrected chi connectivity index (χ1v) is 14.0. The second-order valence-corrected chi connectivity index (χ2v) is 10.5. The van der Waals surface area contributed by atoms with E-state index < -0.39 is 15.4 Å². The van der Waals surface area contributed by atoms with Crippen LogP contribution in [0.4, 0.5) is 0 Å². The largest absolute Gasteiger partial charge is 1.00 e. The molecule has 0 aliphatic heterocycles. The van der Waals surface area contributed by atoms with E-state index in [1.807, 2.05) is 0 Å². The molecule has 0 saturated carbocycles. The van der Waals surface area contributed by atoms with E-state index in [4.69, 9.17) is 0 Å². The molecule has 0 fully saturated rings. The zero-order valence-corrected chi connectivity index (χ0v) is 23.2. The van der Waals surface area contributed by atoms with Crippen LogP contribution >= 0.6 is 0 Å². The van der Waals surface area contributed by atoms with Gasteiger partial charge in [-0.25, -0.2) is 8.42 Å². The minimum atomic E-state index is -4.23. The summed E-state index contributed by atoms with van der Waals surface area (Å²) in [7, 11) is -4.23. The van der Waals surface area contributed by atoms with E-state index in [0.717, 1.165) is 44.9 Å². The Bertz CT molecular complexity index is 442. The molecule has 0 amide bonds. The quantitative estimate of drug-likeness (QED) is 0.151. The molecule has 0 aliphatic rings. The molecular weight excluding hydrogens is 407 g/mol. The summed E-state index contributed by atoms with van der Waals surface area (Å²) >= 11 is 0. The van der Waals surface area contributed by atoms with Gasteiger partial charge in [-0.3, -0.25) is 0 Å². The minimum absolute atomic E-state index is 0. The number of unbranched alkanes of at least 4 members (excludes halogenated alkanes) is 13. The van der Waals surface area contributed by atoms with Gasteiger partial charge in [0.2, 0.25) is 0 Å². The summed E-state index contributed by atoms with van der Waals surface area (Å²) in [5, 5.41) is 9.18. The third-order valence-electron chi connectivity index (χ3n) is 5.99. The Balaban J connectivity index is 0. The molecule has 0 aromatic carbocycles. The molecule has 0 aromatic rings. The average Bonchev–Trinajstić information content (AvgIpc) is 2.66. The van der Waals surface area contributed by atoms with Crippen molar-refractivity contribution in [1.82, 2.24) is 0 Å². The van der Waals surface area contributed by atoms with Crippen LogP contribution in [-0.2, 0) is 10.1 Å². The predicted octanol–water partition coefficient (Wildman–Crippen LogP) is 4.11. The second-order valence-electron chi connectivity index (χ2n) is 8.87. The van der Waals surface area contributed by atoms with Gasteiger partial charge in [-0.15, -0.1) is 0 Å². The average molecular weight is 457 g/mol. The van der Waals surface area contributed by atoms with Gasteiger partial charge >= 0.3 is 29.6 Å². The first-order valence-electron chi connectivity index (χ1n) is 12.5. The fourth-order valence-electron chi connectivity index (χ4n) is 4.00. The molecule has 0 aromatic heterocycles. The normalized spacial score (nSPS) is 13.7. The van der Waals surface area contributed by atoms with Gasteiger partial charge in [0.25, 0.3) is 0 Å². The van der Waals surface area contributed by atoms with Crippen LogP contribution in [0.15, 0.2) is 0 Å². The van der Waals surface area contributed by atoms with E-state index in [-0.39, 0.29) is 35.7 Å². The molecule has 0 spiro atoms. The van der Waals surface area contributed by atoms with Gasteiger partial charge in [0.1, 0.15) is 0 Å². The van der Waals surface area contributed by atoms with Crippen molar-refractivity contribution < 1.29 is 47.6 Å². The number of rotatable bonds is 22. The molecule has 0 radical (unpaired) electrons. The number of hydrogen-bond donors (Lipinski definition) is 1. The molecule has 0 rings (SSSR count). The maximum Gasteiger partial charge on any atom is 1.00 e. The first-order chi connectivity index (χ1) is 13.9. The Morgan fingerprint density at radius 2 is 0.933 bits per heavy atom. The zero-order chi connectivity index (χ0) is 21.8. The van der Waals surface area contributed by atoms with Crippen molar-refractivity contribution in [3.8, 4) is 0 Å². The van der Waals surface area contributed by atoms with Gasteiger partial charge in [-0.2, -0.15) is 0 Å². The number of aliphatic hydroxyl groups is 1. The third-order valence-corrected chi connectivity index (χ3v) is 7.28. The molecule has 176 valence electrons. The molecule has 0 heterocycles. The van der Waals surface area contributed by atoms with Gasteiger partial charge < -0.3 is 9.66 Å². The van der Waals surface area contributed by atoms with Crippen LogP contribution in [-0.4, -0.2) is 29.4 Å². The van der Waals surface area contributed by atoms with Crippen LogP contribution in [0.2, 0.25) is 0 Å². The summed E-state index contributed by atoms with van der Waals surface area (Å²) in [5.74, 6) is 0. The Labute approximate surface area is 210 Å². The molecule has 6 heteroatoms. The van der Waals surface area contributed by atoms with Crippen molar-refractivity contribution in [3.63, 3.8) is 0 Å². The molecule has 1 N–H and O–H groups in total. The van der Waals surface area contributed by atoms with Crippen molar-refractivity contribution in [1.29, 1.82) is 0 Å². The summed E-state index contributed by atoms with van der Waals surface area (Å²) in [4.78, 5) is 0. The van der Waals surface area contributed by atoms with Crippen molar-refractivity contribution in [2.24, 2.45) is 0 Å². The molecular formula is C24H49NaO4S. The minimum Gasteiger partial charge on any atom is -0.748 e. The monoisotopic (exact) mass is 456 g/mol. The summed E-state index contributed by atoms with van der Waals surface area (Å²) in [6.07, 6.45) is 20.7. The topological polar surface area (TPSA) is 77.4 Å². The molecule has 4 nitrogen and oxygen atoms in total. The Morgan fingerprint density at radius 1 is 0.600 bits per heavy atom. The molecule has 0 bridgehead atoms. The van der Waals surface area contributed by atoms with Crippen LogP contribution in [0.5, 0.6) is 0 Å². The summed E-state index contributed by atoms with van der Waals surface area (Å²) in [5.41, 5.74) is 0. The van der Waals surface area contributed by atoms with Gasteiger partial charge in [0.15, 0.2) is 0 Å². The van der Waals surface area contributed by atoms with E-state index in [0.29, 0.717) is 25.7 Å². The fraction of sp³-hybridized carbons (Fsp3) is 1.00. The van der Waals surface area contributed by atoms with Gasteiger partial charge in [0, 0.05) is 5.25 Å². The van der Waals surface area contributed by atoms with E-state index in [1.165, 1.54) is 57.8 Å². The van der Waals surface area contributed by atoms with Crippen LogP contribution < -0.4 is 29.6 Å². The molecule has 0 saturated heterocycles. The van der Waals surface area contributed by atoms with E-state index in [9.17, 15) is 18.1 Å². The van der Waals surface area contributed by atoms with Gasteiger partial charge in [-0.1, -0.05) is 110 Å². The molecule has 30 heavy (non-hydrogen) atoms. The van der Waals surface area contributed by atoms with E-state index in [1.54, 1.807) is 0 Å². The smallest absolute Gasteiger partial charge is 0.748 e. The third kappa shape index (κ3) is 22.1. The first kappa shape index (κ1) is 33.0. The van der Waals surface area contributed by atoms with Crippen molar-refractivity contribution >= 4 is 10.1 Å². The van der Waals surface area contributed by atoms with Crippen LogP contribution in [0.1, 0.15) is 142 Å². The van der Waals surface area contributed by atoms with E-state index >= 15 is 0 Å². The summed E-state index contributed by atoms with van der Waals surface area (Å²) in [6, 6.07) is 0.